The van der Waals surface area contributed by atoms with Gasteiger partial charge in [-0.25, -0.2) is 0 Å². The molecule has 236 valence electrons. The predicted molar refractivity (Wildman–Crippen MR) is 172 cm³/mol. The van der Waals surface area contributed by atoms with Crippen LogP contribution >= 0.6 is 0 Å². The third-order valence-corrected chi connectivity index (χ3v) is 9.67. The van der Waals surface area contributed by atoms with Crippen molar-refractivity contribution in [3.05, 3.63) is 35.4 Å². The molecule has 1 aromatic rings. The van der Waals surface area contributed by atoms with Crippen molar-refractivity contribution < 1.29 is 9.68 Å². The van der Waals surface area contributed by atoms with Gasteiger partial charge in [-0.15, -0.1) is 0 Å². The number of nitrogens with zero attached hydrogens (tertiary/aromatic N) is 2. The van der Waals surface area contributed by atoms with Crippen molar-refractivity contribution in [3.63, 3.8) is 0 Å². The molecule has 0 spiro atoms. The van der Waals surface area contributed by atoms with Crippen LogP contribution < -0.4 is 11.5 Å². The lowest BCUT2D eigenvalue weighted by atomic mass is 9.82. The van der Waals surface area contributed by atoms with E-state index in [2.05, 4.69) is 96.7 Å². The van der Waals surface area contributed by atoms with E-state index in [1.54, 1.807) is 0 Å². The maximum atomic E-state index is 6.52. The van der Waals surface area contributed by atoms with Crippen molar-refractivity contribution in [3.8, 4) is 0 Å². The molecule has 3 rings (SSSR count). The number of hydroxylamine groups is 4. The van der Waals surface area contributed by atoms with E-state index in [9.17, 15) is 0 Å². The fraction of sp³-hybridized carbons (Fsp3) is 0.829. The van der Waals surface area contributed by atoms with Crippen molar-refractivity contribution in [2.24, 2.45) is 17.4 Å². The Bertz CT molecular complexity index is 895. The molecular weight excluding hydrogens is 508 g/mol. The molecule has 41 heavy (non-hydrogen) atoms. The van der Waals surface area contributed by atoms with Gasteiger partial charge in [0.1, 0.15) is 6.23 Å². The summed E-state index contributed by atoms with van der Waals surface area (Å²) >= 11 is 0. The molecule has 2 heterocycles. The molecular formula is C35H64N4O2. The monoisotopic (exact) mass is 573 g/mol. The van der Waals surface area contributed by atoms with Gasteiger partial charge < -0.3 is 11.5 Å². The van der Waals surface area contributed by atoms with Crippen LogP contribution in [0.1, 0.15) is 157 Å². The van der Waals surface area contributed by atoms with Crippen LogP contribution in [0, 0.1) is 5.92 Å². The van der Waals surface area contributed by atoms with E-state index >= 15 is 0 Å². The summed E-state index contributed by atoms with van der Waals surface area (Å²) in [5, 5.41) is 4.35. The molecule has 2 unspecified atom stereocenters. The van der Waals surface area contributed by atoms with Crippen LogP contribution in [-0.4, -0.2) is 38.5 Å². The quantitative estimate of drug-likeness (QED) is 0.172. The second-order valence-electron chi connectivity index (χ2n) is 15.8. The Kier molecular flexibility index (Phi) is 11.9. The molecule has 0 aliphatic carbocycles. The zero-order valence-electron chi connectivity index (χ0n) is 28.1. The molecule has 4 N–H and O–H groups in total. The summed E-state index contributed by atoms with van der Waals surface area (Å²) in [7, 11) is 0. The first kappa shape index (κ1) is 34.5. The average molecular weight is 573 g/mol. The molecule has 3 atom stereocenters. The Morgan fingerprint density at radius 2 is 1.15 bits per heavy atom. The van der Waals surface area contributed by atoms with Crippen LogP contribution in [0.25, 0.3) is 0 Å². The Morgan fingerprint density at radius 1 is 0.683 bits per heavy atom. The first-order chi connectivity index (χ1) is 19.0. The highest BCUT2D eigenvalue weighted by molar-refractivity contribution is 5.24. The summed E-state index contributed by atoms with van der Waals surface area (Å²) in [4.78, 5) is 12.7. The number of unbranched alkanes of at least 4 members (excludes halogenated alkanes) is 3. The van der Waals surface area contributed by atoms with Gasteiger partial charge in [-0.3, -0.25) is 9.68 Å². The zero-order valence-corrected chi connectivity index (χ0v) is 28.1. The first-order valence-corrected chi connectivity index (χ1v) is 16.6. The molecule has 0 radical (unpaired) electrons. The minimum atomic E-state index is -0.445. The zero-order chi connectivity index (χ0) is 30.5. The molecule has 0 saturated carbocycles. The average Bonchev–Trinajstić information content (AvgIpc) is 2.85. The SMILES string of the molecule is C[C@H](CCCCCCc1ccc(C(N)ON2C(C)(C)CCCC2(C)C)cc1)CC(N)ON1C(C)(C)CCCC1(C)C. The van der Waals surface area contributed by atoms with E-state index in [1.165, 1.54) is 50.5 Å². The molecule has 2 fully saturated rings. The van der Waals surface area contributed by atoms with E-state index in [0.29, 0.717) is 5.92 Å². The van der Waals surface area contributed by atoms with Gasteiger partial charge in [0.05, 0.1) is 0 Å². The lowest BCUT2D eigenvalue weighted by Crippen LogP contribution is -2.60. The van der Waals surface area contributed by atoms with E-state index in [0.717, 1.165) is 44.1 Å². The van der Waals surface area contributed by atoms with Crippen molar-refractivity contribution in [1.29, 1.82) is 0 Å². The topological polar surface area (TPSA) is 77.0 Å². The highest BCUT2D eigenvalue weighted by Crippen LogP contribution is 2.40. The summed E-state index contributed by atoms with van der Waals surface area (Å²) in [5.74, 6) is 0.570. The van der Waals surface area contributed by atoms with Crippen LogP contribution in [0.15, 0.2) is 24.3 Å². The largest absolute Gasteiger partial charge is 0.304 e. The Morgan fingerprint density at radius 3 is 1.66 bits per heavy atom. The number of nitrogens with two attached hydrogens (primary N) is 2. The number of hydrogen-bond donors (Lipinski definition) is 2. The first-order valence-electron chi connectivity index (χ1n) is 16.6. The summed E-state index contributed by atoms with van der Waals surface area (Å²) in [6.07, 6.45) is 14.6. The van der Waals surface area contributed by atoms with E-state index in [1.807, 2.05) is 0 Å². The molecule has 2 saturated heterocycles. The number of benzene rings is 1. The fourth-order valence-electron chi connectivity index (χ4n) is 7.44. The van der Waals surface area contributed by atoms with Gasteiger partial charge in [0, 0.05) is 22.2 Å². The maximum absolute atomic E-state index is 6.52. The lowest BCUT2D eigenvalue weighted by Gasteiger charge is -2.52. The van der Waals surface area contributed by atoms with Gasteiger partial charge in [0.25, 0.3) is 0 Å². The third-order valence-electron chi connectivity index (χ3n) is 9.67. The number of rotatable bonds is 14. The third kappa shape index (κ3) is 9.74. The molecule has 6 heteroatoms. The smallest absolute Gasteiger partial charge is 0.153 e. The summed E-state index contributed by atoms with van der Waals surface area (Å²) < 4.78 is 0. The molecule has 0 amide bonds. The van der Waals surface area contributed by atoms with Gasteiger partial charge in [-0.1, -0.05) is 56.9 Å². The van der Waals surface area contributed by atoms with Crippen molar-refractivity contribution in [2.75, 3.05) is 0 Å². The number of piperidine rings is 2. The fourth-order valence-corrected chi connectivity index (χ4v) is 7.44. The summed E-state index contributed by atoms with van der Waals surface area (Å²) in [6, 6.07) is 8.73. The Hall–Kier alpha value is -1.02. The lowest BCUT2D eigenvalue weighted by molar-refractivity contribution is -0.306. The summed E-state index contributed by atoms with van der Waals surface area (Å²) in [5.41, 5.74) is 15.4. The standard InChI is InChI=1S/C35H64N4O2/c1-27(26-30(36)40-38-32(2,3)22-14-23-33(38,4)5)16-12-10-11-13-17-28-18-20-29(21-19-28)31(37)41-39-34(6,7)24-15-25-35(39,8)9/h18-21,27,30-31H,10-17,22-26,36-37H2,1-9H3/t27-,30?,31?/m1/s1. The van der Waals surface area contributed by atoms with E-state index in [4.69, 9.17) is 21.1 Å². The normalized spacial score (nSPS) is 24.6. The van der Waals surface area contributed by atoms with E-state index in [-0.39, 0.29) is 28.4 Å². The van der Waals surface area contributed by atoms with Gasteiger partial charge in [0.2, 0.25) is 0 Å². The van der Waals surface area contributed by atoms with Gasteiger partial charge in [0.15, 0.2) is 6.23 Å². The number of aryl methyl sites for hydroxylation is 1. The molecule has 1 aromatic carbocycles. The second-order valence-corrected chi connectivity index (χ2v) is 15.8. The second kappa shape index (κ2) is 14.2. The molecule has 2 aliphatic heterocycles. The molecule has 2 aliphatic rings. The minimum absolute atomic E-state index is 0.0155. The predicted octanol–water partition coefficient (Wildman–Crippen LogP) is 8.40. The van der Waals surface area contributed by atoms with Gasteiger partial charge >= 0.3 is 0 Å². The van der Waals surface area contributed by atoms with Crippen molar-refractivity contribution >= 4 is 0 Å². The number of hydrogen-bond acceptors (Lipinski definition) is 6. The van der Waals surface area contributed by atoms with Gasteiger partial charge in [-0.05, 0) is 130 Å². The van der Waals surface area contributed by atoms with Crippen LogP contribution in [0.2, 0.25) is 0 Å². The van der Waals surface area contributed by atoms with Gasteiger partial charge in [-0.2, -0.15) is 10.1 Å². The van der Waals surface area contributed by atoms with E-state index < -0.39 is 6.23 Å². The van der Waals surface area contributed by atoms with Crippen molar-refractivity contribution in [1.82, 2.24) is 10.1 Å². The molecule has 0 bridgehead atoms. The summed E-state index contributed by atoms with van der Waals surface area (Å²) in [6.45, 7) is 20.4. The van der Waals surface area contributed by atoms with Crippen LogP contribution in [0.4, 0.5) is 0 Å². The molecule has 6 nitrogen and oxygen atoms in total. The highest BCUT2D eigenvalue weighted by Gasteiger charge is 2.44. The van der Waals surface area contributed by atoms with Crippen molar-refractivity contribution in [2.45, 2.75) is 180 Å². The minimum Gasteiger partial charge on any atom is -0.304 e. The highest BCUT2D eigenvalue weighted by atomic mass is 16.7. The Labute approximate surface area is 252 Å². The van der Waals surface area contributed by atoms with Crippen LogP contribution in [0.5, 0.6) is 0 Å². The maximum Gasteiger partial charge on any atom is 0.153 e. The van der Waals surface area contributed by atoms with Crippen LogP contribution in [0.3, 0.4) is 0 Å². The Balaban J connectivity index is 1.33. The molecule has 0 aromatic heterocycles. The van der Waals surface area contributed by atoms with Crippen LogP contribution in [-0.2, 0) is 16.1 Å².